The molecule has 0 radical (unpaired) electrons. The molecule has 0 aliphatic heterocycles. The fraction of sp³-hybridized carbons (Fsp3) is 0.0909. The molecule has 5 aromatic carbocycles. The van der Waals surface area contributed by atoms with E-state index in [-0.39, 0.29) is 26.5 Å². The van der Waals surface area contributed by atoms with Crippen LogP contribution in [0.1, 0.15) is 26.3 Å². The number of rotatable bonds is 3. The first-order chi connectivity index (χ1) is 23.9. The average molecular weight is 828 g/mol. The van der Waals surface area contributed by atoms with Crippen molar-refractivity contribution in [2.24, 2.45) is 0 Å². The van der Waals surface area contributed by atoms with Crippen molar-refractivity contribution in [3.05, 3.63) is 157 Å². The Kier molecular flexibility index (Phi) is 7.89. The van der Waals surface area contributed by atoms with Gasteiger partial charge in [0.2, 0.25) is 0 Å². The molecule has 0 atom stereocenters. The summed E-state index contributed by atoms with van der Waals surface area (Å²) in [6, 6.07) is 51.4. The number of fused-ring (bicyclic) bond motifs is 7. The van der Waals surface area contributed by atoms with Gasteiger partial charge in [0.25, 0.3) is 0 Å². The van der Waals surface area contributed by atoms with Crippen LogP contribution in [0.3, 0.4) is 0 Å². The molecule has 0 unspecified atom stereocenters. The van der Waals surface area contributed by atoms with E-state index in [1.54, 1.807) is 0 Å². The van der Waals surface area contributed by atoms with Gasteiger partial charge in [-0.2, -0.15) is 6.07 Å². The summed E-state index contributed by atoms with van der Waals surface area (Å²) in [4.78, 5) is 9.55. The molecule has 4 aromatic heterocycles. The number of para-hydroxylation sites is 3. The van der Waals surface area contributed by atoms with Crippen LogP contribution >= 0.6 is 0 Å². The maximum Gasteiger partial charge on any atom is 2.00 e. The van der Waals surface area contributed by atoms with Gasteiger partial charge in [-0.1, -0.05) is 98.7 Å². The first-order valence-corrected chi connectivity index (χ1v) is 16.5. The second-order valence-electron chi connectivity index (χ2n) is 13.4. The third-order valence-electron chi connectivity index (χ3n) is 9.24. The van der Waals surface area contributed by atoms with Gasteiger partial charge in [0.05, 0.1) is 11.1 Å². The zero-order valence-corrected chi connectivity index (χ0v) is 30.1. The molecule has 0 amide bonds. The first kappa shape index (κ1) is 31.7. The summed E-state index contributed by atoms with van der Waals surface area (Å²) in [7, 11) is 0. The smallest absolute Gasteiger partial charge is 0.499 e. The summed E-state index contributed by atoms with van der Waals surface area (Å²) in [5.74, 6) is 0.863. The van der Waals surface area contributed by atoms with E-state index in [1.165, 1.54) is 5.56 Å². The third kappa shape index (κ3) is 5.30. The van der Waals surface area contributed by atoms with E-state index in [2.05, 4.69) is 132 Å². The van der Waals surface area contributed by atoms with Crippen molar-refractivity contribution in [3.8, 4) is 22.8 Å². The molecule has 0 saturated heterocycles. The minimum Gasteiger partial charge on any atom is -0.499 e. The molecule has 9 rings (SSSR count). The number of hydrogen-bond acceptors (Lipinski definition) is 3. The predicted molar refractivity (Wildman–Crippen MR) is 200 cm³/mol. The molecule has 50 heavy (non-hydrogen) atoms. The Morgan fingerprint density at radius 3 is 2.02 bits per heavy atom. The van der Waals surface area contributed by atoms with Gasteiger partial charge in [-0.3, -0.25) is 0 Å². The fourth-order valence-corrected chi connectivity index (χ4v) is 6.81. The van der Waals surface area contributed by atoms with E-state index in [0.29, 0.717) is 5.58 Å². The summed E-state index contributed by atoms with van der Waals surface area (Å²) in [6.07, 6.45) is 3.72. The van der Waals surface area contributed by atoms with Gasteiger partial charge >= 0.3 is 21.1 Å². The molecule has 5 nitrogen and oxygen atoms in total. The van der Waals surface area contributed by atoms with Gasteiger partial charge in [0.15, 0.2) is 0 Å². The van der Waals surface area contributed by atoms with Crippen LogP contribution in [0.25, 0.3) is 77.5 Å². The summed E-state index contributed by atoms with van der Waals surface area (Å²) in [5.41, 5.74) is 9.04. The van der Waals surface area contributed by atoms with E-state index in [0.717, 1.165) is 72.0 Å². The number of pyridine rings is 2. The zero-order chi connectivity index (χ0) is 33.1. The van der Waals surface area contributed by atoms with E-state index < -0.39 is 0 Å². The van der Waals surface area contributed by atoms with Crippen molar-refractivity contribution in [2.75, 3.05) is 0 Å². The Balaban J connectivity index is 0.00000361. The third-order valence-corrected chi connectivity index (χ3v) is 9.24. The molecule has 244 valence electrons. The fourth-order valence-electron chi connectivity index (χ4n) is 6.81. The molecular weight excluding hydrogens is 796 g/mol. The van der Waals surface area contributed by atoms with Gasteiger partial charge in [0.1, 0.15) is 11.4 Å². The molecule has 0 bridgehead atoms. The van der Waals surface area contributed by atoms with Crippen molar-refractivity contribution in [1.82, 2.24) is 19.1 Å². The minimum atomic E-state index is -0.0270. The topological polar surface area (TPSA) is 48.8 Å². The summed E-state index contributed by atoms with van der Waals surface area (Å²) >= 11 is 0. The normalized spacial score (nSPS) is 11.7. The van der Waals surface area contributed by atoms with Gasteiger partial charge in [-0.25, -0.2) is 4.98 Å². The number of hydrogen-bond donors (Lipinski definition) is 0. The van der Waals surface area contributed by atoms with Gasteiger partial charge in [0, 0.05) is 34.2 Å². The minimum absolute atomic E-state index is 0. The Hall–Kier alpha value is -5.51. The van der Waals surface area contributed by atoms with Crippen molar-refractivity contribution in [2.45, 2.75) is 26.2 Å². The molecule has 0 fully saturated rings. The van der Waals surface area contributed by atoms with Crippen LogP contribution in [0.2, 0.25) is 0 Å². The van der Waals surface area contributed by atoms with Crippen LogP contribution in [0, 0.1) is 12.1 Å². The molecular formula is C44H32N4OPt. The summed E-state index contributed by atoms with van der Waals surface area (Å²) in [6.45, 7) is 6.69. The number of nitrogens with zero attached hydrogens (tertiary/aromatic N) is 4. The van der Waals surface area contributed by atoms with Crippen LogP contribution in [0.4, 0.5) is 0 Å². The monoisotopic (exact) mass is 827 g/mol. The standard InChI is InChI=1S/C44H32N4O.Pt/c1-44(2,3)30-23-25-46-43(27-30)48-38-17-8-4-12-32(38)34-21-20-31(28-39(34)48)47-37-16-7-5-13-33(37)35-14-6-9-18-41(35)49-42-22-19-29(26-40(42)47)36-15-10-11-24-45-36;/h4-25,27H,1-3H3;/q-2;+2. The summed E-state index contributed by atoms with van der Waals surface area (Å²) < 4.78 is 11.2. The van der Waals surface area contributed by atoms with Crippen LogP contribution in [-0.4, -0.2) is 19.1 Å². The molecule has 6 heteroatoms. The molecule has 9 aromatic rings. The maximum absolute atomic E-state index is 6.73. The largest absolute Gasteiger partial charge is 2.00 e. The SMILES string of the molecule is CC(C)(C)c1ccnc(-n2c3[c-]c(-n4c5[c-]c(-c6ccccn6)ccc5oc5ccccc5c5ccccc54)ccc3c3ccccc32)c1.[Pt+2]. The Labute approximate surface area is 304 Å². The molecule has 0 aliphatic rings. The molecule has 0 aliphatic carbocycles. The van der Waals surface area contributed by atoms with Crippen molar-refractivity contribution in [3.63, 3.8) is 0 Å². The predicted octanol–water partition coefficient (Wildman–Crippen LogP) is 11.1. The van der Waals surface area contributed by atoms with Crippen LogP contribution in [-0.2, 0) is 26.5 Å². The second-order valence-corrected chi connectivity index (χ2v) is 13.4. The van der Waals surface area contributed by atoms with Crippen LogP contribution in [0.5, 0.6) is 0 Å². The summed E-state index contributed by atoms with van der Waals surface area (Å²) in [5, 5.41) is 4.32. The maximum atomic E-state index is 6.73. The van der Waals surface area contributed by atoms with Crippen LogP contribution in [0.15, 0.2) is 144 Å². The molecule has 0 spiro atoms. The first-order valence-electron chi connectivity index (χ1n) is 16.5. The van der Waals surface area contributed by atoms with E-state index in [9.17, 15) is 0 Å². The van der Waals surface area contributed by atoms with Gasteiger partial charge in [-0.15, -0.1) is 41.3 Å². The van der Waals surface area contributed by atoms with Crippen molar-refractivity contribution < 1.29 is 25.5 Å². The van der Waals surface area contributed by atoms with Crippen LogP contribution < -0.4 is 0 Å². The average Bonchev–Trinajstić information content (AvgIpc) is 3.46. The Morgan fingerprint density at radius 1 is 0.560 bits per heavy atom. The molecule has 0 N–H and O–H groups in total. The Bertz CT molecular complexity index is 2770. The van der Waals surface area contributed by atoms with Gasteiger partial charge in [-0.05, 0) is 58.5 Å². The van der Waals surface area contributed by atoms with E-state index in [1.807, 2.05) is 54.9 Å². The van der Waals surface area contributed by atoms with Gasteiger partial charge < -0.3 is 18.5 Å². The Morgan fingerprint density at radius 2 is 1.26 bits per heavy atom. The van der Waals surface area contributed by atoms with E-state index in [4.69, 9.17) is 9.40 Å². The van der Waals surface area contributed by atoms with E-state index >= 15 is 0 Å². The molecule has 0 saturated carbocycles. The number of benzene rings is 5. The van der Waals surface area contributed by atoms with Crippen molar-refractivity contribution in [1.29, 1.82) is 0 Å². The number of aromatic nitrogens is 4. The van der Waals surface area contributed by atoms with Crippen molar-refractivity contribution >= 4 is 54.8 Å². The molecule has 4 heterocycles. The zero-order valence-electron chi connectivity index (χ0n) is 27.8. The quantitative estimate of drug-likeness (QED) is 0.167. The second kappa shape index (κ2) is 12.4.